The zero-order valence-corrected chi connectivity index (χ0v) is 22.7. The summed E-state index contributed by atoms with van der Waals surface area (Å²) in [5.74, 6) is 0.717. The van der Waals surface area contributed by atoms with Gasteiger partial charge in [-0.25, -0.2) is 28.7 Å². The minimum absolute atomic E-state index is 0.00262. The number of rotatable bonds is 7. The number of aromatic nitrogens is 5. The lowest BCUT2D eigenvalue weighted by molar-refractivity contribution is 0.120. The van der Waals surface area contributed by atoms with Gasteiger partial charge < -0.3 is 19.5 Å². The summed E-state index contributed by atoms with van der Waals surface area (Å²) in [7, 11) is 0. The number of hydrogen-bond donors (Lipinski definition) is 1. The SMILES string of the molecule is CCN1CCC(C2(c3ccc(Nc4ncc(F)c(-c5cc(F)c6nc(C)n(C(C)C)c6c5)n4)nc3)CO2)CC1. The Balaban J connectivity index is 1.24. The normalized spacial score (nSPS) is 20.2. The monoisotopic (exact) mass is 533 g/mol. The number of ether oxygens (including phenoxy) is 1. The fourth-order valence-corrected chi connectivity index (χ4v) is 5.95. The zero-order valence-electron chi connectivity index (χ0n) is 22.7. The number of imidazole rings is 1. The average molecular weight is 534 g/mol. The summed E-state index contributed by atoms with van der Waals surface area (Å²) in [6, 6.07) is 6.94. The second-order valence-electron chi connectivity index (χ2n) is 10.8. The summed E-state index contributed by atoms with van der Waals surface area (Å²) in [5, 5.41) is 3.06. The number of halogens is 2. The highest BCUT2D eigenvalue weighted by atomic mass is 19.1. The molecule has 1 aromatic carbocycles. The molecule has 3 aromatic heterocycles. The number of benzene rings is 1. The summed E-state index contributed by atoms with van der Waals surface area (Å²) >= 11 is 0. The maximum Gasteiger partial charge on any atom is 0.229 e. The first-order valence-electron chi connectivity index (χ1n) is 13.6. The van der Waals surface area contributed by atoms with Gasteiger partial charge in [-0.2, -0.15) is 0 Å². The van der Waals surface area contributed by atoms with E-state index in [-0.39, 0.29) is 28.8 Å². The standard InChI is InChI=1S/C29H33F2N7O/c1-5-37-10-8-20(9-11-37)29(16-39-29)21-6-7-25(32-14-21)35-28-33-15-23(31)26(36-28)19-12-22(30)27-24(13-19)38(17(2)3)18(4)34-27/h6-7,12-15,17,20H,5,8-11,16H2,1-4H3,(H,32,33,35,36). The van der Waals surface area contributed by atoms with E-state index in [2.05, 4.69) is 37.1 Å². The fraction of sp³-hybridized carbons (Fsp3) is 0.448. The third kappa shape index (κ3) is 4.65. The number of piperidine rings is 1. The van der Waals surface area contributed by atoms with Crippen LogP contribution in [-0.4, -0.2) is 55.6 Å². The van der Waals surface area contributed by atoms with E-state index < -0.39 is 11.6 Å². The molecular formula is C29H33F2N7O. The third-order valence-electron chi connectivity index (χ3n) is 8.10. The van der Waals surface area contributed by atoms with Crippen LogP contribution in [0.25, 0.3) is 22.3 Å². The Morgan fingerprint density at radius 2 is 1.85 bits per heavy atom. The number of nitrogens with one attached hydrogen (secondary N) is 1. The molecule has 0 bridgehead atoms. The maximum atomic E-state index is 15.0. The molecule has 0 spiro atoms. The molecule has 0 aliphatic carbocycles. The molecule has 0 saturated carbocycles. The lowest BCUT2D eigenvalue weighted by Crippen LogP contribution is -2.38. The van der Waals surface area contributed by atoms with Gasteiger partial charge >= 0.3 is 0 Å². The lowest BCUT2D eigenvalue weighted by atomic mass is 9.80. The molecular weight excluding hydrogens is 500 g/mol. The van der Waals surface area contributed by atoms with E-state index in [0.29, 0.717) is 28.6 Å². The van der Waals surface area contributed by atoms with E-state index in [9.17, 15) is 8.78 Å². The van der Waals surface area contributed by atoms with E-state index in [1.807, 2.05) is 43.7 Å². The molecule has 0 amide bonds. The molecule has 0 radical (unpaired) electrons. The lowest BCUT2D eigenvalue weighted by Gasteiger charge is -2.34. The Labute approximate surface area is 226 Å². The Bertz CT molecular complexity index is 1510. The van der Waals surface area contributed by atoms with Crippen molar-refractivity contribution in [2.75, 3.05) is 31.6 Å². The van der Waals surface area contributed by atoms with Crippen molar-refractivity contribution in [1.29, 1.82) is 0 Å². The van der Waals surface area contributed by atoms with Gasteiger partial charge in [0.25, 0.3) is 0 Å². The highest BCUT2D eigenvalue weighted by molar-refractivity contribution is 5.83. The van der Waals surface area contributed by atoms with E-state index >= 15 is 0 Å². The molecule has 10 heteroatoms. The summed E-state index contributed by atoms with van der Waals surface area (Å²) in [6.45, 7) is 12.0. The van der Waals surface area contributed by atoms with Gasteiger partial charge in [0.05, 0.1) is 18.3 Å². The highest BCUT2D eigenvalue weighted by Gasteiger charge is 2.53. The molecule has 2 saturated heterocycles. The molecule has 39 heavy (non-hydrogen) atoms. The number of pyridine rings is 1. The van der Waals surface area contributed by atoms with Gasteiger partial charge in [0.1, 0.15) is 28.5 Å². The van der Waals surface area contributed by atoms with Crippen LogP contribution in [0.4, 0.5) is 20.5 Å². The predicted molar refractivity (Wildman–Crippen MR) is 146 cm³/mol. The van der Waals surface area contributed by atoms with Crippen LogP contribution in [0, 0.1) is 24.5 Å². The number of likely N-dealkylation sites (tertiary alicyclic amines) is 1. The quantitative estimate of drug-likeness (QED) is 0.303. The smallest absolute Gasteiger partial charge is 0.229 e. The first-order chi connectivity index (χ1) is 18.8. The van der Waals surface area contributed by atoms with Crippen molar-refractivity contribution in [1.82, 2.24) is 29.4 Å². The van der Waals surface area contributed by atoms with Crippen molar-refractivity contribution in [3.05, 3.63) is 59.7 Å². The van der Waals surface area contributed by atoms with E-state index in [1.165, 1.54) is 6.07 Å². The van der Waals surface area contributed by atoms with E-state index in [1.54, 1.807) is 6.07 Å². The first kappa shape index (κ1) is 25.8. The summed E-state index contributed by atoms with van der Waals surface area (Å²) in [6.07, 6.45) is 5.15. The molecule has 5 heterocycles. The molecule has 1 unspecified atom stereocenters. The summed E-state index contributed by atoms with van der Waals surface area (Å²) in [5.41, 5.74) is 2.01. The third-order valence-corrected chi connectivity index (χ3v) is 8.10. The van der Waals surface area contributed by atoms with Gasteiger partial charge in [0.15, 0.2) is 11.6 Å². The number of epoxide rings is 1. The van der Waals surface area contributed by atoms with Crippen LogP contribution >= 0.6 is 0 Å². The molecule has 204 valence electrons. The van der Waals surface area contributed by atoms with Gasteiger partial charge in [-0.1, -0.05) is 13.0 Å². The fourth-order valence-electron chi connectivity index (χ4n) is 5.95. The van der Waals surface area contributed by atoms with Crippen LogP contribution in [0.15, 0.2) is 36.7 Å². The molecule has 1 N–H and O–H groups in total. The predicted octanol–water partition coefficient (Wildman–Crippen LogP) is 5.76. The maximum absolute atomic E-state index is 15.0. The molecule has 1 atom stereocenters. The van der Waals surface area contributed by atoms with Crippen molar-refractivity contribution in [3.63, 3.8) is 0 Å². The Morgan fingerprint density at radius 3 is 2.49 bits per heavy atom. The van der Waals surface area contributed by atoms with Crippen molar-refractivity contribution >= 4 is 22.8 Å². The van der Waals surface area contributed by atoms with E-state index in [4.69, 9.17) is 4.74 Å². The van der Waals surface area contributed by atoms with Crippen molar-refractivity contribution in [2.45, 2.75) is 52.2 Å². The van der Waals surface area contributed by atoms with Crippen LogP contribution in [0.2, 0.25) is 0 Å². The van der Waals surface area contributed by atoms with Crippen LogP contribution < -0.4 is 5.32 Å². The molecule has 2 fully saturated rings. The Morgan fingerprint density at radius 1 is 1.08 bits per heavy atom. The Kier molecular flexibility index (Phi) is 6.55. The van der Waals surface area contributed by atoms with Gasteiger partial charge in [-0.3, -0.25) is 0 Å². The number of anilines is 2. The number of aryl methyl sites for hydroxylation is 1. The van der Waals surface area contributed by atoms with Gasteiger partial charge in [-0.05, 0) is 77.4 Å². The van der Waals surface area contributed by atoms with Crippen LogP contribution in [0.1, 0.15) is 51.0 Å². The average Bonchev–Trinajstić information content (AvgIpc) is 3.66. The second kappa shape index (κ2) is 9.91. The number of fused-ring (bicyclic) bond motifs is 1. The molecule has 2 aliphatic heterocycles. The van der Waals surface area contributed by atoms with Crippen molar-refractivity contribution < 1.29 is 13.5 Å². The van der Waals surface area contributed by atoms with E-state index in [0.717, 1.165) is 50.8 Å². The second-order valence-corrected chi connectivity index (χ2v) is 10.8. The van der Waals surface area contributed by atoms with Gasteiger partial charge in [-0.15, -0.1) is 0 Å². The largest absolute Gasteiger partial charge is 0.364 e. The van der Waals surface area contributed by atoms with Crippen LogP contribution in [0.5, 0.6) is 0 Å². The van der Waals surface area contributed by atoms with Gasteiger partial charge in [0.2, 0.25) is 5.95 Å². The highest BCUT2D eigenvalue weighted by Crippen LogP contribution is 2.49. The molecule has 4 aromatic rings. The zero-order chi connectivity index (χ0) is 27.3. The minimum atomic E-state index is -0.642. The van der Waals surface area contributed by atoms with Crippen molar-refractivity contribution in [3.8, 4) is 11.3 Å². The van der Waals surface area contributed by atoms with Crippen LogP contribution in [0.3, 0.4) is 0 Å². The van der Waals surface area contributed by atoms with Gasteiger partial charge in [0, 0.05) is 23.4 Å². The minimum Gasteiger partial charge on any atom is -0.364 e. The molecule has 2 aliphatic rings. The molecule has 8 nitrogen and oxygen atoms in total. The first-order valence-corrected chi connectivity index (χ1v) is 13.6. The van der Waals surface area contributed by atoms with Crippen molar-refractivity contribution in [2.24, 2.45) is 5.92 Å². The molecule has 6 rings (SSSR count). The Hall–Kier alpha value is -3.50. The summed E-state index contributed by atoms with van der Waals surface area (Å²) < 4.78 is 37.8. The number of hydrogen-bond acceptors (Lipinski definition) is 7. The summed E-state index contributed by atoms with van der Waals surface area (Å²) in [4.78, 5) is 19.9. The van der Waals surface area contributed by atoms with Crippen LogP contribution in [-0.2, 0) is 10.3 Å². The topological polar surface area (TPSA) is 84.3 Å². The number of nitrogens with zero attached hydrogens (tertiary/aromatic N) is 6.